The van der Waals surface area contributed by atoms with Gasteiger partial charge in [-0.05, 0) is 42.6 Å². The van der Waals surface area contributed by atoms with E-state index in [4.69, 9.17) is 0 Å². The van der Waals surface area contributed by atoms with Gasteiger partial charge in [0.15, 0.2) is 0 Å². The molecule has 4 heteroatoms. The van der Waals surface area contributed by atoms with Crippen LogP contribution < -0.4 is 0 Å². The van der Waals surface area contributed by atoms with Gasteiger partial charge in [-0.1, -0.05) is 34.1 Å². The predicted octanol–water partition coefficient (Wildman–Crippen LogP) is 3.40. The number of nitrogens with zero attached hydrogens (tertiary/aromatic N) is 2. The molecule has 1 aliphatic carbocycles. The van der Waals surface area contributed by atoms with Crippen LogP contribution in [0.4, 0.5) is 0 Å². The lowest BCUT2D eigenvalue weighted by atomic mass is 9.65. The molecule has 21 heavy (non-hydrogen) atoms. The van der Waals surface area contributed by atoms with Crippen molar-refractivity contribution in [2.24, 2.45) is 10.8 Å². The van der Waals surface area contributed by atoms with Crippen LogP contribution >= 0.6 is 0 Å². The second kappa shape index (κ2) is 4.85. The van der Waals surface area contributed by atoms with E-state index in [2.05, 4.69) is 42.8 Å². The van der Waals surface area contributed by atoms with Gasteiger partial charge >= 0.3 is 0 Å². The van der Waals surface area contributed by atoms with Crippen LogP contribution in [0.25, 0.3) is 0 Å². The smallest absolute Gasteiger partial charge is 0.274 e. The van der Waals surface area contributed by atoms with Crippen molar-refractivity contribution < 1.29 is 4.79 Å². The second-order valence-electron chi connectivity index (χ2n) is 8.18. The maximum atomic E-state index is 12.8. The first kappa shape index (κ1) is 14.6. The Hall–Kier alpha value is -1.32. The van der Waals surface area contributed by atoms with Crippen LogP contribution in [0, 0.1) is 10.8 Å². The average molecular weight is 289 g/mol. The minimum Gasteiger partial charge on any atom is -0.334 e. The van der Waals surface area contributed by atoms with E-state index in [1.54, 1.807) is 0 Å². The molecule has 0 unspecified atom stereocenters. The fraction of sp³-hybridized carbons (Fsp3) is 0.765. The normalized spacial score (nSPS) is 30.7. The molecule has 2 fully saturated rings. The Morgan fingerprint density at radius 3 is 2.90 bits per heavy atom. The number of H-pyrrole nitrogens is 1. The number of likely N-dealkylation sites (tertiary alicyclic amines) is 1. The molecule has 1 aromatic heterocycles. The number of nitrogens with one attached hydrogen (secondary N) is 1. The van der Waals surface area contributed by atoms with E-state index in [1.165, 1.54) is 6.42 Å². The van der Waals surface area contributed by atoms with Gasteiger partial charge in [0.05, 0.1) is 0 Å². The van der Waals surface area contributed by atoms with Crippen LogP contribution in [-0.4, -0.2) is 33.6 Å². The zero-order chi connectivity index (χ0) is 15.3. The van der Waals surface area contributed by atoms with Crippen LogP contribution in [0.5, 0.6) is 0 Å². The number of aromatic amines is 1. The molecule has 3 rings (SSSR count). The highest BCUT2D eigenvalue weighted by molar-refractivity contribution is 5.93. The van der Waals surface area contributed by atoms with Crippen LogP contribution in [0.15, 0.2) is 6.07 Å². The molecule has 116 valence electrons. The van der Waals surface area contributed by atoms with Gasteiger partial charge in [-0.3, -0.25) is 9.89 Å². The quantitative estimate of drug-likeness (QED) is 0.927. The number of rotatable bonds is 3. The standard InChI is InChI=1S/C17H27N3O/c1-5-6-12-7-14(19-18-12)15(21)20-11-17(4)9-13(20)8-16(2,3)10-17/h7,13H,5-6,8-11H2,1-4H3,(H,18,19)/t13-,17-/m1/s1. The Bertz CT molecular complexity index is 548. The number of hydrogen-bond acceptors (Lipinski definition) is 2. The van der Waals surface area contributed by atoms with Crippen LogP contribution in [0.3, 0.4) is 0 Å². The SMILES string of the molecule is CCCc1cc(C(=O)N2C[C@]3(C)C[C@H]2CC(C)(C)C3)n[nH]1. The summed E-state index contributed by atoms with van der Waals surface area (Å²) < 4.78 is 0. The maximum Gasteiger partial charge on any atom is 0.274 e. The summed E-state index contributed by atoms with van der Waals surface area (Å²) in [6.45, 7) is 10.0. The van der Waals surface area contributed by atoms with Crippen molar-refractivity contribution in [1.82, 2.24) is 15.1 Å². The second-order valence-corrected chi connectivity index (χ2v) is 8.18. The van der Waals surface area contributed by atoms with E-state index in [0.717, 1.165) is 37.9 Å². The third kappa shape index (κ3) is 2.72. The van der Waals surface area contributed by atoms with Crippen LogP contribution in [0.2, 0.25) is 0 Å². The van der Waals surface area contributed by atoms with E-state index < -0.39 is 0 Å². The first-order valence-electron chi connectivity index (χ1n) is 8.17. The fourth-order valence-electron chi connectivity index (χ4n) is 4.71. The van der Waals surface area contributed by atoms with Crippen molar-refractivity contribution in [3.05, 3.63) is 17.5 Å². The molecule has 1 N–H and O–H groups in total. The van der Waals surface area contributed by atoms with Gasteiger partial charge in [0.2, 0.25) is 0 Å². The molecule has 2 bridgehead atoms. The Morgan fingerprint density at radius 2 is 2.19 bits per heavy atom. The molecule has 1 saturated heterocycles. The fourth-order valence-corrected chi connectivity index (χ4v) is 4.71. The van der Waals surface area contributed by atoms with E-state index >= 15 is 0 Å². The number of amides is 1. The Morgan fingerprint density at radius 1 is 1.43 bits per heavy atom. The lowest BCUT2D eigenvalue weighted by molar-refractivity contribution is 0.0702. The van der Waals surface area contributed by atoms with Gasteiger partial charge in [0.1, 0.15) is 5.69 Å². The average Bonchev–Trinajstić information content (AvgIpc) is 2.90. The summed E-state index contributed by atoms with van der Waals surface area (Å²) in [5, 5.41) is 7.24. The summed E-state index contributed by atoms with van der Waals surface area (Å²) >= 11 is 0. The van der Waals surface area contributed by atoms with E-state index in [1.807, 2.05) is 6.07 Å². The highest BCUT2D eigenvalue weighted by Crippen LogP contribution is 2.52. The molecule has 1 aliphatic heterocycles. The minimum absolute atomic E-state index is 0.111. The first-order valence-corrected chi connectivity index (χ1v) is 8.17. The molecule has 0 radical (unpaired) electrons. The molecular weight excluding hydrogens is 262 g/mol. The molecule has 1 aromatic rings. The number of carbonyl (C=O) groups is 1. The molecule has 0 spiro atoms. The van der Waals surface area contributed by atoms with Crippen molar-refractivity contribution in [1.29, 1.82) is 0 Å². The van der Waals surface area contributed by atoms with Crippen LogP contribution in [0.1, 0.15) is 69.6 Å². The van der Waals surface area contributed by atoms with Gasteiger partial charge in [-0.2, -0.15) is 5.10 Å². The Kier molecular flexibility index (Phi) is 3.38. The molecule has 4 nitrogen and oxygen atoms in total. The summed E-state index contributed by atoms with van der Waals surface area (Å²) in [5.74, 6) is 0.111. The zero-order valence-electron chi connectivity index (χ0n) is 13.7. The number of carbonyl (C=O) groups excluding carboxylic acids is 1. The molecule has 2 heterocycles. The maximum absolute atomic E-state index is 12.8. The summed E-state index contributed by atoms with van der Waals surface area (Å²) in [6, 6.07) is 2.32. The summed E-state index contributed by atoms with van der Waals surface area (Å²) in [7, 11) is 0. The largest absolute Gasteiger partial charge is 0.334 e. The highest BCUT2D eigenvalue weighted by atomic mass is 16.2. The highest BCUT2D eigenvalue weighted by Gasteiger charge is 2.51. The van der Waals surface area contributed by atoms with Crippen molar-refractivity contribution in [2.75, 3.05) is 6.54 Å². The monoisotopic (exact) mass is 289 g/mol. The topological polar surface area (TPSA) is 49.0 Å². The molecule has 1 amide bonds. The van der Waals surface area contributed by atoms with Crippen molar-refractivity contribution >= 4 is 5.91 Å². The lowest BCUT2D eigenvalue weighted by Crippen LogP contribution is -2.37. The Labute approximate surface area is 127 Å². The third-order valence-corrected chi connectivity index (χ3v) is 5.05. The van der Waals surface area contributed by atoms with Gasteiger partial charge in [0, 0.05) is 18.3 Å². The number of aryl methyl sites for hydroxylation is 1. The molecule has 1 saturated carbocycles. The van der Waals surface area contributed by atoms with Crippen molar-refractivity contribution in [3.8, 4) is 0 Å². The molecule has 2 aliphatic rings. The first-order chi connectivity index (χ1) is 9.82. The zero-order valence-corrected chi connectivity index (χ0v) is 13.7. The molecule has 0 aromatic carbocycles. The minimum atomic E-state index is 0.111. The van der Waals surface area contributed by atoms with Gasteiger partial charge in [-0.25, -0.2) is 0 Å². The van der Waals surface area contributed by atoms with E-state index in [-0.39, 0.29) is 11.3 Å². The number of hydrogen-bond donors (Lipinski definition) is 1. The van der Waals surface area contributed by atoms with E-state index in [9.17, 15) is 4.79 Å². The predicted molar refractivity (Wildman–Crippen MR) is 83.1 cm³/mol. The van der Waals surface area contributed by atoms with Gasteiger partial charge in [-0.15, -0.1) is 0 Å². The van der Waals surface area contributed by atoms with Crippen molar-refractivity contribution in [3.63, 3.8) is 0 Å². The lowest BCUT2D eigenvalue weighted by Gasteiger charge is -2.39. The number of aromatic nitrogens is 2. The Balaban J connectivity index is 1.79. The number of fused-ring (bicyclic) bond motifs is 2. The third-order valence-electron chi connectivity index (χ3n) is 5.05. The summed E-state index contributed by atoms with van der Waals surface area (Å²) in [6.07, 6.45) is 5.49. The van der Waals surface area contributed by atoms with Gasteiger partial charge < -0.3 is 4.90 Å². The van der Waals surface area contributed by atoms with Crippen molar-refractivity contribution in [2.45, 2.75) is 65.8 Å². The molecular formula is C17H27N3O. The van der Waals surface area contributed by atoms with E-state index in [0.29, 0.717) is 17.2 Å². The summed E-state index contributed by atoms with van der Waals surface area (Å²) in [5.41, 5.74) is 2.28. The van der Waals surface area contributed by atoms with Crippen LogP contribution in [-0.2, 0) is 6.42 Å². The molecule has 2 atom stereocenters. The summed E-state index contributed by atoms with van der Waals surface area (Å²) in [4.78, 5) is 14.9. The van der Waals surface area contributed by atoms with Gasteiger partial charge in [0.25, 0.3) is 5.91 Å².